The summed E-state index contributed by atoms with van der Waals surface area (Å²) in [6, 6.07) is 5.66. The second-order valence-electron chi connectivity index (χ2n) is 4.75. The minimum atomic E-state index is -0.789. The van der Waals surface area contributed by atoms with Crippen molar-refractivity contribution >= 4 is 22.7 Å². The van der Waals surface area contributed by atoms with Crippen LogP contribution in [0.3, 0.4) is 0 Å². The van der Waals surface area contributed by atoms with Gasteiger partial charge in [-0.2, -0.15) is 0 Å². The fraction of sp³-hybridized carbons (Fsp3) is 0.385. The molecule has 3 rings (SSSR count). The second-order valence-corrected chi connectivity index (χ2v) is 4.75. The van der Waals surface area contributed by atoms with Crippen LogP contribution in [0, 0.1) is 0 Å². The van der Waals surface area contributed by atoms with E-state index >= 15 is 0 Å². The van der Waals surface area contributed by atoms with Crippen LogP contribution in [0.25, 0.3) is 11.0 Å². The van der Waals surface area contributed by atoms with Gasteiger partial charge in [0.25, 0.3) is 0 Å². The molecule has 0 bridgehead atoms. The summed E-state index contributed by atoms with van der Waals surface area (Å²) >= 11 is 0. The second kappa shape index (κ2) is 4.01. The molecular weight excluding hydrogens is 230 g/mol. The third kappa shape index (κ3) is 1.81. The standard InChI is InChI=1S/C13H15N3O2/c14-9-2-1-3-10-12(9)15-13(8-4-5-8)16(10)7-6-11(17)18/h1-3,8H,4-7,14H2,(H,17,18). The van der Waals surface area contributed by atoms with E-state index in [0.29, 0.717) is 18.2 Å². The maximum Gasteiger partial charge on any atom is 0.305 e. The molecule has 94 valence electrons. The quantitative estimate of drug-likeness (QED) is 0.807. The molecule has 2 aromatic rings. The number of fused-ring (bicyclic) bond motifs is 1. The number of nitrogen functional groups attached to an aromatic ring is 1. The Labute approximate surface area is 104 Å². The number of para-hydroxylation sites is 1. The fourth-order valence-corrected chi connectivity index (χ4v) is 2.28. The maximum absolute atomic E-state index is 10.7. The fourth-order valence-electron chi connectivity index (χ4n) is 2.28. The molecule has 0 unspecified atom stereocenters. The summed E-state index contributed by atoms with van der Waals surface area (Å²) in [5, 5.41) is 8.83. The number of nitrogens with zero attached hydrogens (tertiary/aromatic N) is 2. The molecule has 5 nitrogen and oxygen atoms in total. The average Bonchev–Trinajstić information content (AvgIpc) is 3.09. The van der Waals surface area contributed by atoms with Crippen molar-refractivity contribution in [3.05, 3.63) is 24.0 Å². The monoisotopic (exact) mass is 245 g/mol. The lowest BCUT2D eigenvalue weighted by atomic mass is 10.2. The first-order chi connectivity index (χ1) is 8.66. The number of benzene rings is 1. The number of hydrogen-bond acceptors (Lipinski definition) is 3. The highest BCUT2D eigenvalue weighted by Gasteiger charge is 2.29. The number of aromatic nitrogens is 2. The molecular formula is C13H15N3O2. The van der Waals surface area contributed by atoms with E-state index in [4.69, 9.17) is 10.8 Å². The molecule has 1 aromatic heterocycles. The van der Waals surface area contributed by atoms with Crippen molar-refractivity contribution in [1.29, 1.82) is 0 Å². The van der Waals surface area contributed by atoms with Crippen molar-refractivity contribution in [1.82, 2.24) is 9.55 Å². The third-order valence-electron chi connectivity index (χ3n) is 3.33. The first-order valence-corrected chi connectivity index (χ1v) is 6.13. The lowest BCUT2D eigenvalue weighted by Crippen LogP contribution is -2.07. The van der Waals surface area contributed by atoms with Crippen molar-refractivity contribution in [3.63, 3.8) is 0 Å². The molecule has 5 heteroatoms. The highest BCUT2D eigenvalue weighted by molar-refractivity contribution is 5.87. The number of imidazole rings is 1. The average molecular weight is 245 g/mol. The largest absolute Gasteiger partial charge is 0.481 e. The van der Waals surface area contributed by atoms with Gasteiger partial charge >= 0.3 is 5.97 Å². The number of carboxylic acid groups (broad SMARTS) is 1. The van der Waals surface area contributed by atoms with Gasteiger partial charge < -0.3 is 15.4 Å². The van der Waals surface area contributed by atoms with Crippen LogP contribution >= 0.6 is 0 Å². The van der Waals surface area contributed by atoms with Crippen molar-refractivity contribution in [2.45, 2.75) is 31.7 Å². The molecule has 1 aliphatic carbocycles. The molecule has 0 aliphatic heterocycles. The zero-order valence-electron chi connectivity index (χ0n) is 9.97. The summed E-state index contributed by atoms with van der Waals surface area (Å²) in [5.41, 5.74) is 8.32. The predicted molar refractivity (Wildman–Crippen MR) is 68.4 cm³/mol. The van der Waals surface area contributed by atoms with Gasteiger partial charge in [-0.25, -0.2) is 4.98 Å². The molecule has 18 heavy (non-hydrogen) atoms. The van der Waals surface area contributed by atoms with Gasteiger partial charge in [-0.1, -0.05) is 6.07 Å². The first kappa shape index (κ1) is 11.1. The number of rotatable bonds is 4. The Kier molecular flexibility index (Phi) is 2.47. The molecule has 3 N–H and O–H groups in total. The van der Waals surface area contributed by atoms with E-state index in [2.05, 4.69) is 4.98 Å². The number of aryl methyl sites for hydroxylation is 1. The Bertz CT molecular complexity index is 614. The number of hydrogen-bond donors (Lipinski definition) is 2. The number of aliphatic carboxylic acids is 1. The van der Waals surface area contributed by atoms with E-state index < -0.39 is 5.97 Å². The van der Waals surface area contributed by atoms with Gasteiger partial charge in [0.15, 0.2) is 0 Å². The Morgan fingerprint density at radius 1 is 1.50 bits per heavy atom. The first-order valence-electron chi connectivity index (χ1n) is 6.13. The Morgan fingerprint density at radius 3 is 2.94 bits per heavy atom. The van der Waals surface area contributed by atoms with Crippen LogP contribution in [0.15, 0.2) is 18.2 Å². The van der Waals surface area contributed by atoms with Crippen LogP contribution in [-0.4, -0.2) is 20.6 Å². The summed E-state index contributed by atoms with van der Waals surface area (Å²) in [5.74, 6) is 0.678. The lowest BCUT2D eigenvalue weighted by Gasteiger charge is -2.06. The molecule has 1 saturated carbocycles. The summed E-state index contributed by atoms with van der Waals surface area (Å²) < 4.78 is 2.01. The molecule has 0 spiro atoms. The summed E-state index contributed by atoms with van der Waals surface area (Å²) in [7, 11) is 0. The lowest BCUT2D eigenvalue weighted by molar-refractivity contribution is -0.137. The SMILES string of the molecule is Nc1cccc2c1nc(C1CC1)n2CCC(=O)O. The summed E-state index contributed by atoms with van der Waals surface area (Å²) in [4.78, 5) is 15.3. The Hall–Kier alpha value is -2.04. The van der Waals surface area contributed by atoms with Crippen LogP contribution in [0.5, 0.6) is 0 Å². The molecule has 0 saturated heterocycles. The van der Waals surface area contributed by atoms with Crippen LogP contribution in [0.4, 0.5) is 5.69 Å². The molecule has 0 atom stereocenters. The highest BCUT2D eigenvalue weighted by Crippen LogP contribution is 2.41. The molecule has 0 amide bonds. The van der Waals surface area contributed by atoms with Gasteiger partial charge in [0.05, 0.1) is 17.6 Å². The van der Waals surface area contributed by atoms with Crippen molar-refractivity contribution in [2.24, 2.45) is 0 Å². The zero-order valence-corrected chi connectivity index (χ0v) is 9.97. The van der Waals surface area contributed by atoms with Gasteiger partial charge in [0, 0.05) is 12.5 Å². The number of carbonyl (C=O) groups is 1. The molecule has 1 heterocycles. The molecule has 0 radical (unpaired) electrons. The maximum atomic E-state index is 10.7. The Morgan fingerprint density at radius 2 is 2.28 bits per heavy atom. The van der Waals surface area contributed by atoms with Crippen molar-refractivity contribution in [2.75, 3.05) is 5.73 Å². The van der Waals surface area contributed by atoms with Gasteiger partial charge in [0.1, 0.15) is 11.3 Å². The van der Waals surface area contributed by atoms with Crippen LogP contribution < -0.4 is 5.73 Å². The zero-order chi connectivity index (χ0) is 12.7. The normalized spacial score (nSPS) is 15.1. The summed E-state index contributed by atoms with van der Waals surface area (Å²) in [6.45, 7) is 0.459. The van der Waals surface area contributed by atoms with E-state index in [-0.39, 0.29) is 6.42 Å². The van der Waals surface area contributed by atoms with E-state index in [9.17, 15) is 4.79 Å². The van der Waals surface area contributed by atoms with E-state index in [1.54, 1.807) is 0 Å². The predicted octanol–water partition coefficient (Wildman–Crippen LogP) is 1.97. The van der Waals surface area contributed by atoms with Gasteiger partial charge in [0.2, 0.25) is 0 Å². The van der Waals surface area contributed by atoms with Gasteiger partial charge in [-0.05, 0) is 25.0 Å². The van der Waals surface area contributed by atoms with E-state index in [1.165, 1.54) is 0 Å². The molecule has 1 fully saturated rings. The van der Waals surface area contributed by atoms with Crippen molar-refractivity contribution < 1.29 is 9.90 Å². The van der Waals surface area contributed by atoms with Gasteiger partial charge in [-0.15, -0.1) is 0 Å². The number of nitrogens with two attached hydrogens (primary N) is 1. The number of anilines is 1. The van der Waals surface area contributed by atoms with Crippen LogP contribution in [-0.2, 0) is 11.3 Å². The topological polar surface area (TPSA) is 81.1 Å². The molecule has 1 aliphatic rings. The molecule has 1 aromatic carbocycles. The smallest absolute Gasteiger partial charge is 0.305 e. The third-order valence-corrected chi connectivity index (χ3v) is 3.33. The highest BCUT2D eigenvalue weighted by atomic mass is 16.4. The van der Waals surface area contributed by atoms with Crippen LogP contribution in [0.1, 0.15) is 31.0 Å². The van der Waals surface area contributed by atoms with E-state index in [0.717, 1.165) is 29.7 Å². The van der Waals surface area contributed by atoms with E-state index in [1.807, 2.05) is 22.8 Å². The van der Waals surface area contributed by atoms with Gasteiger partial charge in [-0.3, -0.25) is 4.79 Å². The van der Waals surface area contributed by atoms with Crippen molar-refractivity contribution in [3.8, 4) is 0 Å². The number of carboxylic acids is 1. The van der Waals surface area contributed by atoms with Crippen LogP contribution in [0.2, 0.25) is 0 Å². The minimum absolute atomic E-state index is 0.111. The summed E-state index contributed by atoms with van der Waals surface area (Å²) in [6.07, 6.45) is 2.38. The Balaban J connectivity index is 2.09. The minimum Gasteiger partial charge on any atom is -0.481 e.